The van der Waals surface area contributed by atoms with Crippen LogP contribution in [0.15, 0.2) is 24.3 Å². The van der Waals surface area contributed by atoms with Crippen LogP contribution in [0.25, 0.3) is 0 Å². The first-order valence-electron chi connectivity index (χ1n) is 4.17. The highest BCUT2D eigenvalue weighted by atomic mass is 127. The van der Waals surface area contributed by atoms with Gasteiger partial charge in [-0.2, -0.15) is 8.42 Å². The van der Waals surface area contributed by atoms with Gasteiger partial charge in [-0.05, 0) is 53.1 Å². The second-order valence-corrected chi connectivity index (χ2v) is 5.83. The van der Waals surface area contributed by atoms with Crippen molar-refractivity contribution in [3.05, 3.63) is 33.4 Å². The molecule has 0 radical (unpaired) electrons. The number of halogens is 1. The lowest BCUT2D eigenvalue weighted by Crippen LogP contribution is -2.04. The second-order valence-electron chi connectivity index (χ2n) is 3.02. The third kappa shape index (κ3) is 4.92. The molecular formula is C9H11IO3S. The van der Waals surface area contributed by atoms with Crippen LogP contribution < -0.4 is 0 Å². The Balaban J connectivity index is 2.43. The molecule has 0 aliphatic rings. The minimum atomic E-state index is -3.80. The van der Waals surface area contributed by atoms with Gasteiger partial charge in [0.05, 0.1) is 5.75 Å². The standard InChI is InChI=1S/C9H11IO3S/c10-9-5-3-8(4-6-9)2-1-7-14(11,12)13/h3-6H,1-2,7H2,(H,11,12,13). The summed E-state index contributed by atoms with van der Waals surface area (Å²) in [6, 6.07) is 7.88. The summed E-state index contributed by atoms with van der Waals surface area (Å²) >= 11 is 2.21. The fraction of sp³-hybridized carbons (Fsp3) is 0.333. The summed E-state index contributed by atoms with van der Waals surface area (Å²) in [5.41, 5.74) is 1.09. The van der Waals surface area contributed by atoms with Crippen LogP contribution in [-0.4, -0.2) is 18.7 Å². The normalized spacial score (nSPS) is 11.6. The number of benzene rings is 1. The van der Waals surface area contributed by atoms with Crippen molar-refractivity contribution >= 4 is 32.7 Å². The molecule has 78 valence electrons. The van der Waals surface area contributed by atoms with Crippen molar-refractivity contribution in [3.63, 3.8) is 0 Å². The summed E-state index contributed by atoms with van der Waals surface area (Å²) in [5, 5.41) is 0. The third-order valence-electron chi connectivity index (χ3n) is 1.78. The molecule has 0 aliphatic carbocycles. The van der Waals surface area contributed by atoms with E-state index >= 15 is 0 Å². The van der Waals surface area contributed by atoms with E-state index in [4.69, 9.17) is 4.55 Å². The molecule has 0 aliphatic heterocycles. The summed E-state index contributed by atoms with van der Waals surface area (Å²) in [5.74, 6) is -0.168. The molecule has 0 saturated carbocycles. The Morgan fingerprint density at radius 3 is 2.29 bits per heavy atom. The van der Waals surface area contributed by atoms with E-state index in [0.29, 0.717) is 12.8 Å². The molecule has 14 heavy (non-hydrogen) atoms. The zero-order valence-corrected chi connectivity index (χ0v) is 10.5. The van der Waals surface area contributed by atoms with Gasteiger partial charge < -0.3 is 0 Å². The highest BCUT2D eigenvalue weighted by molar-refractivity contribution is 14.1. The minimum Gasteiger partial charge on any atom is -0.286 e. The maximum absolute atomic E-state index is 10.4. The van der Waals surface area contributed by atoms with Crippen molar-refractivity contribution < 1.29 is 13.0 Å². The molecule has 0 bridgehead atoms. The van der Waals surface area contributed by atoms with Gasteiger partial charge in [-0.15, -0.1) is 0 Å². The third-order valence-corrected chi connectivity index (χ3v) is 3.30. The van der Waals surface area contributed by atoms with E-state index < -0.39 is 10.1 Å². The summed E-state index contributed by atoms with van der Waals surface area (Å²) in [7, 11) is -3.80. The zero-order chi connectivity index (χ0) is 10.6. The molecule has 0 aromatic heterocycles. The van der Waals surface area contributed by atoms with Gasteiger partial charge in [-0.3, -0.25) is 4.55 Å². The topological polar surface area (TPSA) is 54.4 Å². The van der Waals surface area contributed by atoms with Crippen LogP contribution in [0.4, 0.5) is 0 Å². The molecule has 0 spiro atoms. The molecule has 5 heteroatoms. The van der Waals surface area contributed by atoms with E-state index in [1.807, 2.05) is 24.3 Å². The molecule has 1 aromatic carbocycles. The Hall–Kier alpha value is -0.140. The van der Waals surface area contributed by atoms with Crippen LogP contribution in [0.1, 0.15) is 12.0 Å². The molecule has 0 heterocycles. The van der Waals surface area contributed by atoms with E-state index in [1.54, 1.807) is 0 Å². The Bertz CT molecular complexity index is 383. The minimum absolute atomic E-state index is 0.168. The Morgan fingerprint density at radius 2 is 1.79 bits per heavy atom. The van der Waals surface area contributed by atoms with Gasteiger partial charge in [0.25, 0.3) is 10.1 Å². The first-order valence-corrected chi connectivity index (χ1v) is 6.86. The van der Waals surface area contributed by atoms with Crippen LogP contribution in [0.5, 0.6) is 0 Å². The molecule has 0 unspecified atom stereocenters. The van der Waals surface area contributed by atoms with Crippen molar-refractivity contribution in [2.24, 2.45) is 0 Å². The predicted molar refractivity (Wildman–Crippen MR) is 63.9 cm³/mol. The average Bonchev–Trinajstić information content (AvgIpc) is 2.06. The highest BCUT2D eigenvalue weighted by Crippen LogP contribution is 2.08. The quantitative estimate of drug-likeness (QED) is 0.681. The fourth-order valence-corrected chi connectivity index (χ4v) is 1.98. The SMILES string of the molecule is O=S(=O)(O)CCCc1ccc(I)cc1. The van der Waals surface area contributed by atoms with Crippen molar-refractivity contribution in [2.45, 2.75) is 12.8 Å². The van der Waals surface area contributed by atoms with Crippen molar-refractivity contribution in [1.82, 2.24) is 0 Å². The summed E-state index contributed by atoms with van der Waals surface area (Å²) in [6.45, 7) is 0. The van der Waals surface area contributed by atoms with Gasteiger partial charge in [-0.25, -0.2) is 0 Å². The molecule has 0 saturated heterocycles. The molecule has 0 atom stereocenters. The molecule has 0 amide bonds. The highest BCUT2D eigenvalue weighted by Gasteiger charge is 2.03. The number of aryl methyl sites for hydroxylation is 1. The average molecular weight is 326 g/mol. The Labute approximate surface area is 97.4 Å². The van der Waals surface area contributed by atoms with Crippen LogP contribution in [0, 0.1) is 3.57 Å². The first kappa shape index (κ1) is 11.9. The lowest BCUT2D eigenvalue weighted by molar-refractivity contribution is 0.481. The molecule has 1 aromatic rings. The Morgan fingerprint density at radius 1 is 1.21 bits per heavy atom. The van der Waals surface area contributed by atoms with E-state index in [1.165, 1.54) is 0 Å². The smallest absolute Gasteiger partial charge is 0.264 e. The number of rotatable bonds is 4. The van der Waals surface area contributed by atoms with Crippen LogP contribution in [0.3, 0.4) is 0 Å². The number of hydrogen-bond acceptors (Lipinski definition) is 2. The van der Waals surface area contributed by atoms with E-state index in [-0.39, 0.29) is 5.75 Å². The first-order chi connectivity index (χ1) is 6.47. The largest absolute Gasteiger partial charge is 0.286 e. The van der Waals surface area contributed by atoms with E-state index in [9.17, 15) is 8.42 Å². The van der Waals surface area contributed by atoms with Crippen molar-refractivity contribution in [1.29, 1.82) is 0 Å². The fourth-order valence-electron chi connectivity index (χ4n) is 1.11. The van der Waals surface area contributed by atoms with Crippen molar-refractivity contribution in [2.75, 3.05) is 5.75 Å². The van der Waals surface area contributed by atoms with Gasteiger partial charge in [0, 0.05) is 3.57 Å². The lowest BCUT2D eigenvalue weighted by Gasteiger charge is -2.00. The summed E-state index contributed by atoms with van der Waals surface area (Å²) < 4.78 is 30.5. The summed E-state index contributed by atoms with van der Waals surface area (Å²) in [4.78, 5) is 0. The van der Waals surface area contributed by atoms with Crippen molar-refractivity contribution in [3.8, 4) is 0 Å². The molecular weight excluding hydrogens is 315 g/mol. The van der Waals surface area contributed by atoms with E-state index in [2.05, 4.69) is 22.6 Å². The Kier molecular flexibility index (Phi) is 4.33. The van der Waals surface area contributed by atoms with Gasteiger partial charge in [0.2, 0.25) is 0 Å². The predicted octanol–water partition coefficient (Wildman–Crippen LogP) is 2.11. The monoisotopic (exact) mass is 326 g/mol. The number of hydrogen-bond donors (Lipinski definition) is 1. The van der Waals surface area contributed by atoms with Gasteiger partial charge in [0.15, 0.2) is 0 Å². The molecule has 0 fully saturated rings. The molecule has 3 nitrogen and oxygen atoms in total. The lowest BCUT2D eigenvalue weighted by atomic mass is 10.1. The zero-order valence-electron chi connectivity index (χ0n) is 7.48. The molecule has 1 rings (SSSR count). The summed E-state index contributed by atoms with van der Waals surface area (Å²) in [6.07, 6.45) is 1.14. The maximum atomic E-state index is 10.4. The van der Waals surface area contributed by atoms with Crippen LogP contribution in [-0.2, 0) is 16.5 Å². The molecule has 1 N–H and O–H groups in total. The second kappa shape index (κ2) is 5.09. The van der Waals surface area contributed by atoms with Crippen LogP contribution >= 0.6 is 22.6 Å². The van der Waals surface area contributed by atoms with Gasteiger partial charge in [-0.1, -0.05) is 12.1 Å². The van der Waals surface area contributed by atoms with Gasteiger partial charge >= 0.3 is 0 Å². The van der Waals surface area contributed by atoms with Crippen LogP contribution in [0.2, 0.25) is 0 Å². The maximum Gasteiger partial charge on any atom is 0.264 e. The van der Waals surface area contributed by atoms with E-state index in [0.717, 1.165) is 9.13 Å². The van der Waals surface area contributed by atoms with Gasteiger partial charge in [0.1, 0.15) is 0 Å².